The summed E-state index contributed by atoms with van der Waals surface area (Å²) in [6.07, 6.45) is 0.931. The van der Waals surface area contributed by atoms with Gasteiger partial charge < -0.3 is 10.4 Å². The first-order valence-electron chi connectivity index (χ1n) is 5.42. The number of amides is 1. The van der Waals surface area contributed by atoms with Crippen molar-refractivity contribution in [3.8, 4) is 0 Å². The molecule has 3 nitrogen and oxygen atoms in total. The van der Waals surface area contributed by atoms with Crippen molar-refractivity contribution in [3.05, 3.63) is 34.6 Å². The SMILES string of the molecule is CC(O)CCCNC(=O)c1ccc(F)cc1Cl. The highest BCUT2D eigenvalue weighted by Gasteiger charge is 2.10. The fourth-order valence-corrected chi connectivity index (χ4v) is 1.62. The Balaban J connectivity index is 2.47. The van der Waals surface area contributed by atoms with Crippen molar-refractivity contribution in [2.24, 2.45) is 0 Å². The highest BCUT2D eigenvalue weighted by molar-refractivity contribution is 6.33. The molecule has 1 rings (SSSR count). The van der Waals surface area contributed by atoms with Crippen LogP contribution in [0.25, 0.3) is 0 Å². The third-order valence-electron chi connectivity index (χ3n) is 2.26. The van der Waals surface area contributed by atoms with Gasteiger partial charge in [0, 0.05) is 6.54 Å². The molecule has 0 saturated carbocycles. The van der Waals surface area contributed by atoms with Crippen molar-refractivity contribution >= 4 is 17.5 Å². The Morgan fingerprint density at radius 1 is 1.59 bits per heavy atom. The molecule has 1 amide bonds. The molecule has 94 valence electrons. The highest BCUT2D eigenvalue weighted by atomic mass is 35.5. The van der Waals surface area contributed by atoms with Gasteiger partial charge in [0.25, 0.3) is 5.91 Å². The van der Waals surface area contributed by atoms with Crippen LogP contribution >= 0.6 is 11.6 Å². The maximum atomic E-state index is 12.8. The molecular formula is C12H15ClFNO2. The molecule has 0 aromatic heterocycles. The molecular weight excluding hydrogens is 245 g/mol. The van der Waals surface area contributed by atoms with E-state index in [0.717, 1.165) is 6.07 Å². The molecule has 0 saturated heterocycles. The van der Waals surface area contributed by atoms with Crippen LogP contribution in [0.4, 0.5) is 4.39 Å². The lowest BCUT2D eigenvalue weighted by Crippen LogP contribution is -2.25. The van der Waals surface area contributed by atoms with E-state index in [0.29, 0.717) is 19.4 Å². The summed E-state index contributed by atoms with van der Waals surface area (Å²) in [6.45, 7) is 2.15. The van der Waals surface area contributed by atoms with E-state index in [4.69, 9.17) is 16.7 Å². The second kappa shape index (κ2) is 6.57. The van der Waals surface area contributed by atoms with E-state index in [1.165, 1.54) is 12.1 Å². The predicted octanol–water partition coefficient (Wildman–Crippen LogP) is 2.37. The number of carbonyl (C=O) groups is 1. The summed E-state index contributed by atoms with van der Waals surface area (Å²) in [5.41, 5.74) is 0.255. The summed E-state index contributed by atoms with van der Waals surface area (Å²) in [5, 5.41) is 11.8. The van der Waals surface area contributed by atoms with Crippen molar-refractivity contribution in [2.75, 3.05) is 6.54 Å². The van der Waals surface area contributed by atoms with Crippen LogP contribution in [0, 0.1) is 5.82 Å². The number of halogens is 2. The number of hydrogen-bond acceptors (Lipinski definition) is 2. The number of aliphatic hydroxyl groups is 1. The third kappa shape index (κ3) is 4.71. The Labute approximate surface area is 105 Å². The minimum atomic E-state index is -0.472. The minimum absolute atomic E-state index is 0.0954. The van der Waals surface area contributed by atoms with Crippen molar-refractivity contribution in [3.63, 3.8) is 0 Å². The molecule has 0 spiro atoms. The first-order valence-corrected chi connectivity index (χ1v) is 5.80. The Morgan fingerprint density at radius 3 is 2.88 bits per heavy atom. The largest absolute Gasteiger partial charge is 0.393 e. The van der Waals surface area contributed by atoms with E-state index < -0.39 is 5.82 Å². The summed E-state index contributed by atoms with van der Waals surface area (Å²) in [6, 6.07) is 3.64. The van der Waals surface area contributed by atoms with Gasteiger partial charge >= 0.3 is 0 Å². The number of rotatable bonds is 5. The van der Waals surface area contributed by atoms with Crippen LogP contribution in [0.3, 0.4) is 0 Å². The molecule has 0 bridgehead atoms. The lowest BCUT2D eigenvalue weighted by atomic mass is 10.2. The van der Waals surface area contributed by atoms with Crippen molar-refractivity contribution < 1.29 is 14.3 Å². The maximum absolute atomic E-state index is 12.8. The molecule has 1 unspecified atom stereocenters. The molecule has 17 heavy (non-hydrogen) atoms. The number of hydrogen-bond donors (Lipinski definition) is 2. The molecule has 0 aliphatic rings. The molecule has 1 atom stereocenters. The van der Waals surface area contributed by atoms with E-state index in [9.17, 15) is 9.18 Å². The number of benzene rings is 1. The van der Waals surface area contributed by atoms with Crippen molar-refractivity contribution in [1.82, 2.24) is 5.32 Å². The van der Waals surface area contributed by atoms with E-state index in [1.807, 2.05) is 0 Å². The fourth-order valence-electron chi connectivity index (χ4n) is 1.37. The third-order valence-corrected chi connectivity index (χ3v) is 2.57. The summed E-state index contributed by atoms with van der Waals surface area (Å²) >= 11 is 5.75. The highest BCUT2D eigenvalue weighted by Crippen LogP contribution is 2.16. The maximum Gasteiger partial charge on any atom is 0.252 e. The van der Waals surface area contributed by atoms with Crippen molar-refractivity contribution in [2.45, 2.75) is 25.9 Å². The van der Waals surface area contributed by atoms with Gasteiger partial charge in [-0.15, -0.1) is 0 Å². The lowest BCUT2D eigenvalue weighted by Gasteiger charge is -2.07. The van der Waals surface area contributed by atoms with Gasteiger partial charge in [0.2, 0.25) is 0 Å². The second-order valence-corrected chi connectivity index (χ2v) is 4.28. The second-order valence-electron chi connectivity index (χ2n) is 3.87. The van der Waals surface area contributed by atoms with E-state index in [2.05, 4.69) is 5.32 Å². The summed E-state index contributed by atoms with van der Waals surface area (Å²) in [4.78, 5) is 11.6. The van der Waals surface area contributed by atoms with Crippen LogP contribution in [0.15, 0.2) is 18.2 Å². The minimum Gasteiger partial charge on any atom is -0.393 e. The first kappa shape index (κ1) is 13.9. The molecule has 0 fully saturated rings. The first-order chi connectivity index (χ1) is 8.00. The lowest BCUT2D eigenvalue weighted by molar-refractivity contribution is 0.0950. The molecule has 0 radical (unpaired) electrons. The van der Waals surface area contributed by atoms with Crippen molar-refractivity contribution in [1.29, 1.82) is 0 Å². The number of carbonyl (C=O) groups excluding carboxylic acids is 1. The normalized spacial score (nSPS) is 12.2. The van der Waals surface area contributed by atoms with Gasteiger partial charge in [0.15, 0.2) is 0 Å². The van der Waals surface area contributed by atoms with Gasteiger partial charge in [-0.1, -0.05) is 11.6 Å². The molecule has 0 aliphatic heterocycles. The number of aliphatic hydroxyl groups excluding tert-OH is 1. The average Bonchev–Trinajstić information content (AvgIpc) is 2.23. The fraction of sp³-hybridized carbons (Fsp3) is 0.417. The smallest absolute Gasteiger partial charge is 0.252 e. The van der Waals surface area contributed by atoms with Crippen LogP contribution in [0.2, 0.25) is 5.02 Å². The molecule has 5 heteroatoms. The van der Waals surface area contributed by atoms with Gasteiger partial charge in [0.05, 0.1) is 16.7 Å². The van der Waals surface area contributed by atoms with Crippen LogP contribution < -0.4 is 5.32 Å². The monoisotopic (exact) mass is 259 g/mol. The Kier molecular flexibility index (Phi) is 5.38. The summed E-state index contributed by atoms with van der Waals surface area (Å²) < 4.78 is 12.8. The van der Waals surface area contributed by atoms with Gasteiger partial charge in [-0.3, -0.25) is 4.79 Å². The van der Waals surface area contributed by atoms with Gasteiger partial charge in [-0.05, 0) is 38.0 Å². The standard InChI is InChI=1S/C12H15ClFNO2/c1-8(16)3-2-6-15-12(17)10-5-4-9(14)7-11(10)13/h4-5,7-8,16H,2-3,6H2,1H3,(H,15,17). The molecule has 1 aromatic carbocycles. The Hall–Kier alpha value is -1.13. The summed E-state index contributed by atoms with van der Waals surface area (Å²) in [5.74, 6) is -0.804. The van der Waals surface area contributed by atoms with Crippen LogP contribution in [-0.4, -0.2) is 23.7 Å². The van der Waals surface area contributed by atoms with Crippen LogP contribution in [-0.2, 0) is 0 Å². The zero-order chi connectivity index (χ0) is 12.8. The quantitative estimate of drug-likeness (QED) is 0.798. The van der Waals surface area contributed by atoms with Gasteiger partial charge in [-0.2, -0.15) is 0 Å². The molecule has 1 aromatic rings. The molecule has 0 heterocycles. The topological polar surface area (TPSA) is 49.3 Å². The zero-order valence-corrected chi connectivity index (χ0v) is 10.3. The van der Waals surface area contributed by atoms with E-state index in [1.54, 1.807) is 6.92 Å². The number of nitrogens with one attached hydrogen (secondary N) is 1. The average molecular weight is 260 g/mol. The molecule has 0 aliphatic carbocycles. The van der Waals surface area contributed by atoms with Crippen LogP contribution in [0.5, 0.6) is 0 Å². The predicted molar refractivity (Wildman–Crippen MR) is 64.7 cm³/mol. The summed E-state index contributed by atoms with van der Waals surface area (Å²) in [7, 11) is 0. The van der Waals surface area contributed by atoms with Gasteiger partial charge in [-0.25, -0.2) is 4.39 Å². The van der Waals surface area contributed by atoms with E-state index >= 15 is 0 Å². The van der Waals surface area contributed by atoms with Crippen LogP contribution in [0.1, 0.15) is 30.1 Å². The van der Waals surface area contributed by atoms with Gasteiger partial charge in [0.1, 0.15) is 5.82 Å². The van der Waals surface area contributed by atoms with E-state index in [-0.39, 0.29) is 22.6 Å². The Bertz CT molecular complexity index is 396. The zero-order valence-electron chi connectivity index (χ0n) is 9.54. The molecule has 2 N–H and O–H groups in total. The Morgan fingerprint density at radius 2 is 2.29 bits per heavy atom.